The van der Waals surface area contributed by atoms with Gasteiger partial charge < -0.3 is 9.83 Å². The minimum atomic E-state index is -2.01. The van der Waals surface area contributed by atoms with Crippen LogP contribution in [0.3, 0.4) is 0 Å². The summed E-state index contributed by atoms with van der Waals surface area (Å²) in [4.78, 5) is -0.364. The van der Waals surface area contributed by atoms with Crippen LogP contribution in [0.1, 0.15) is 5.56 Å². The average molecular weight is 318 g/mol. The van der Waals surface area contributed by atoms with E-state index in [1.807, 2.05) is 0 Å². The van der Waals surface area contributed by atoms with Crippen molar-refractivity contribution in [2.45, 2.75) is 11.8 Å². The minimum Gasteiger partial charge on any atom is -0.504 e. The largest absolute Gasteiger partial charge is 0.504 e. The van der Waals surface area contributed by atoms with Gasteiger partial charge in [-0.05, 0) is 36.8 Å². The van der Waals surface area contributed by atoms with E-state index in [0.717, 1.165) is 6.07 Å². The van der Waals surface area contributed by atoms with Gasteiger partial charge in [0, 0.05) is 16.8 Å². The Labute approximate surface area is 121 Å². The molecule has 0 fully saturated rings. The van der Waals surface area contributed by atoms with E-state index in [0.29, 0.717) is 22.3 Å². The van der Waals surface area contributed by atoms with Gasteiger partial charge in [0.25, 0.3) is 0 Å². The van der Waals surface area contributed by atoms with Crippen LogP contribution < -0.4 is 4.72 Å². The summed E-state index contributed by atoms with van der Waals surface area (Å²) < 4.78 is 40.9. The van der Waals surface area contributed by atoms with E-state index in [-0.39, 0.29) is 4.90 Å². The number of anilines is 1. The molecule has 0 bridgehead atoms. The van der Waals surface area contributed by atoms with Crippen LogP contribution in [0.25, 0.3) is 0 Å². The number of halogens is 3. The Bertz CT molecular complexity index is 694. The maximum atomic E-state index is 13.2. The number of hydrogen-bond acceptors (Lipinski definition) is 2. The summed E-state index contributed by atoms with van der Waals surface area (Å²) in [5.41, 5.74) is 1.19. The molecule has 3 nitrogen and oxygen atoms in total. The Hall–Kier alpha value is -1.66. The van der Waals surface area contributed by atoms with E-state index < -0.39 is 28.4 Å². The van der Waals surface area contributed by atoms with Crippen molar-refractivity contribution < 1.29 is 18.1 Å². The lowest BCUT2D eigenvalue weighted by Gasteiger charge is -2.10. The lowest BCUT2D eigenvalue weighted by molar-refractivity contribution is 0.413. The summed E-state index contributed by atoms with van der Waals surface area (Å²) >= 11 is 5.79. The monoisotopic (exact) mass is 317 g/mol. The molecule has 0 aliphatic carbocycles. The zero-order chi connectivity index (χ0) is 14.9. The first-order valence-corrected chi connectivity index (χ1v) is 7.04. The SMILES string of the molecule is Cc1cc(Cl)ccc1NS(=O)c1cc(F)cc(F)c1O. The summed E-state index contributed by atoms with van der Waals surface area (Å²) in [6.07, 6.45) is 0. The normalized spacial score (nSPS) is 12.2. The summed E-state index contributed by atoms with van der Waals surface area (Å²) in [6, 6.07) is 6.14. The molecule has 0 saturated carbocycles. The zero-order valence-corrected chi connectivity index (χ0v) is 11.9. The average Bonchev–Trinajstić information content (AvgIpc) is 2.37. The summed E-state index contributed by atoms with van der Waals surface area (Å²) in [6.45, 7) is 1.73. The van der Waals surface area contributed by atoms with Crippen molar-refractivity contribution in [3.05, 3.63) is 52.6 Å². The topological polar surface area (TPSA) is 49.3 Å². The highest BCUT2D eigenvalue weighted by Crippen LogP contribution is 2.28. The van der Waals surface area contributed by atoms with E-state index in [1.165, 1.54) is 0 Å². The molecule has 7 heteroatoms. The molecule has 2 N–H and O–H groups in total. The van der Waals surface area contributed by atoms with Gasteiger partial charge in [-0.1, -0.05) is 11.6 Å². The summed E-state index contributed by atoms with van der Waals surface area (Å²) in [5.74, 6) is -2.93. The predicted octanol–water partition coefficient (Wildman–Crippen LogP) is 3.77. The predicted molar refractivity (Wildman–Crippen MR) is 74.2 cm³/mol. The van der Waals surface area contributed by atoms with Gasteiger partial charge in [-0.25, -0.2) is 13.0 Å². The lowest BCUT2D eigenvalue weighted by Crippen LogP contribution is -2.07. The molecule has 0 amide bonds. The van der Waals surface area contributed by atoms with Gasteiger partial charge in [0.05, 0.1) is 0 Å². The first-order chi connectivity index (χ1) is 9.38. The Morgan fingerprint density at radius 3 is 2.60 bits per heavy atom. The maximum absolute atomic E-state index is 13.2. The molecule has 1 atom stereocenters. The number of rotatable bonds is 3. The number of nitrogens with one attached hydrogen (secondary N) is 1. The molecule has 0 radical (unpaired) electrons. The fraction of sp³-hybridized carbons (Fsp3) is 0.0769. The number of aryl methyl sites for hydroxylation is 1. The number of hydrogen-bond donors (Lipinski definition) is 2. The van der Waals surface area contributed by atoms with Gasteiger partial charge in [-0.3, -0.25) is 0 Å². The third-order valence-corrected chi connectivity index (χ3v) is 3.94. The third-order valence-electron chi connectivity index (χ3n) is 2.58. The molecule has 2 rings (SSSR count). The van der Waals surface area contributed by atoms with Crippen LogP contribution in [-0.2, 0) is 11.0 Å². The summed E-state index contributed by atoms with van der Waals surface area (Å²) in [7, 11) is -2.01. The number of benzene rings is 2. The fourth-order valence-corrected chi connectivity index (χ4v) is 2.84. The molecule has 0 aliphatic rings. The first kappa shape index (κ1) is 14.7. The first-order valence-electron chi connectivity index (χ1n) is 5.51. The van der Waals surface area contributed by atoms with Gasteiger partial charge in [-0.15, -0.1) is 0 Å². The van der Waals surface area contributed by atoms with E-state index in [4.69, 9.17) is 11.6 Å². The van der Waals surface area contributed by atoms with Crippen molar-refractivity contribution in [3.8, 4) is 5.75 Å². The highest BCUT2D eigenvalue weighted by molar-refractivity contribution is 7.86. The van der Waals surface area contributed by atoms with Crippen LogP contribution in [0.15, 0.2) is 35.2 Å². The third kappa shape index (κ3) is 3.08. The molecule has 2 aromatic carbocycles. The second kappa shape index (κ2) is 5.76. The van der Waals surface area contributed by atoms with Crippen molar-refractivity contribution in [2.24, 2.45) is 0 Å². The van der Waals surface area contributed by atoms with Crippen LogP contribution in [0.2, 0.25) is 5.02 Å². The van der Waals surface area contributed by atoms with Crippen LogP contribution >= 0.6 is 11.6 Å². The highest BCUT2D eigenvalue weighted by atomic mass is 35.5. The smallest absolute Gasteiger partial charge is 0.169 e. The van der Waals surface area contributed by atoms with Crippen molar-refractivity contribution in [1.82, 2.24) is 0 Å². The fourth-order valence-electron chi connectivity index (χ4n) is 1.58. The molecule has 20 heavy (non-hydrogen) atoms. The van der Waals surface area contributed by atoms with Crippen LogP contribution in [0.5, 0.6) is 5.75 Å². The van der Waals surface area contributed by atoms with E-state index in [2.05, 4.69) is 4.72 Å². The molecule has 0 aromatic heterocycles. The summed E-state index contributed by atoms with van der Waals surface area (Å²) in [5, 5.41) is 10.0. The lowest BCUT2D eigenvalue weighted by atomic mass is 10.2. The maximum Gasteiger partial charge on any atom is 0.169 e. The molecule has 0 spiro atoms. The molecule has 106 valence electrons. The Morgan fingerprint density at radius 1 is 1.25 bits per heavy atom. The number of phenols is 1. The molecule has 0 heterocycles. The molecule has 2 aromatic rings. The minimum absolute atomic E-state index is 0.364. The van der Waals surface area contributed by atoms with Crippen molar-refractivity contribution >= 4 is 28.3 Å². The number of phenolic OH excluding ortho intramolecular Hbond substituents is 1. The van der Waals surface area contributed by atoms with Gasteiger partial charge in [-0.2, -0.15) is 0 Å². The van der Waals surface area contributed by atoms with E-state index >= 15 is 0 Å². The van der Waals surface area contributed by atoms with Crippen LogP contribution in [0, 0.1) is 18.6 Å². The molecular weight excluding hydrogens is 308 g/mol. The zero-order valence-electron chi connectivity index (χ0n) is 10.3. The van der Waals surface area contributed by atoms with Crippen molar-refractivity contribution in [3.63, 3.8) is 0 Å². The van der Waals surface area contributed by atoms with Crippen molar-refractivity contribution in [1.29, 1.82) is 0 Å². The van der Waals surface area contributed by atoms with E-state index in [1.54, 1.807) is 25.1 Å². The van der Waals surface area contributed by atoms with Gasteiger partial charge in [0.1, 0.15) is 10.7 Å². The van der Waals surface area contributed by atoms with Crippen LogP contribution in [0.4, 0.5) is 14.5 Å². The van der Waals surface area contributed by atoms with Crippen molar-refractivity contribution in [2.75, 3.05) is 4.72 Å². The van der Waals surface area contributed by atoms with Crippen LogP contribution in [-0.4, -0.2) is 9.32 Å². The Kier molecular flexibility index (Phi) is 4.25. The van der Waals surface area contributed by atoms with Gasteiger partial charge >= 0.3 is 0 Å². The molecule has 0 aliphatic heterocycles. The molecular formula is C13H10ClF2NO2S. The molecule has 1 unspecified atom stereocenters. The standard InChI is InChI=1S/C13H10ClF2NO2S/c1-7-4-8(14)2-3-11(7)17-20(19)12-6-9(15)5-10(16)13(12)18/h2-6,17-18H,1H3. The highest BCUT2D eigenvalue weighted by Gasteiger charge is 2.16. The van der Waals surface area contributed by atoms with Gasteiger partial charge in [0.15, 0.2) is 22.6 Å². The second-order valence-corrected chi connectivity index (χ2v) is 5.68. The second-order valence-electron chi connectivity index (χ2n) is 4.06. The van der Waals surface area contributed by atoms with Gasteiger partial charge in [0.2, 0.25) is 0 Å². The quantitative estimate of drug-likeness (QED) is 0.905. The Morgan fingerprint density at radius 2 is 1.95 bits per heavy atom. The molecule has 0 saturated heterocycles. The Balaban J connectivity index is 2.33. The number of aromatic hydroxyl groups is 1. The van der Waals surface area contributed by atoms with E-state index in [9.17, 15) is 18.1 Å².